The molecular weight excluding hydrogens is 450 g/mol. The predicted octanol–water partition coefficient (Wildman–Crippen LogP) is 4.49. The molecule has 2 aromatic carbocycles. The van der Waals surface area contributed by atoms with Crippen LogP contribution < -0.4 is 5.32 Å². The molecule has 0 radical (unpaired) electrons. The highest BCUT2D eigenvalue weighted by molar-refractivity contribution is 6.30. The summed E-state index contributed by atoms with van der Waals surface area (Å²) in [7, 11) is 3.88. The first-order chi connectivity index (χ1) is 16.1. The normalized spacial score (nSPS) is 11.2. The van der Waals surface area contributed by atoms with Gasteiger partial charge in [0.1, 0.15) is 0 Å². The van der Waals surface area contributed by atoms with Gasteiger partial charge in [0.15, 0.2) is 0 Å². The van der Waals surface area contributed by atoms with Crippen LogP contribution in [0.1, 0.15) is 19.4 Å². The molecule has 3 rings (SSSR count). The Kier molecular flexibility index (Phi) is 8.47. The Morgan fingerprint density at radius 2 is 1.79 bits per heavy atom. The smallest absolute Gasteiger partial charge is 0.246 e. The topological polar surface area (TPSA) is 70.5 Å². The molecule has 0 fully saturated rings. The maximum atomic E-state index is 13.0. The van der Waals surface area contributed by atoms with Crippen LogP contribution in [0.25, 0.3) is 16.9 Å². The first kappa shape index (κ1) is 25.5. The molecule has 0 saturated heterocycles. The summed E-state index contributed by atoms with van der Waals surface area (Å²) in [5.41, 5.74) is 3.56. The van der Waals surface area contributed by atoms with Crippen LogP contribution in [0.15, 0.2) is 54.7 Å². The van der Waals surface area contributed by atoms with Crippen molar-refractivity contribution in [2.45, 2.75) is 20.8 Å². The van der Waals surface area contributed by atoms with Gasteiger partial charge in [-0.05, 0) is 50.8 Å². The lowest BCUT2D eigenvalue weighted by molar-refractivity contribution is -0.137. The number of likely N-dealkylation sites (N-methyl/N-ethyl adjacent to an activating group) is 1. The second-order valence-electron chi connectivity index (χ2n) is 8.93. The first-order valence-corrected chi connectivity index (χ1v) is 11.7. The number of imidazole rings is 1. The van der Waals surface area contributed by atoms with Gasteiger partial charge in [-0.1, -0.05) is 49.7 Å². The Labute approximate surface area is 206 Å². The zero-order valence-corrected chi connectivity index (χ0v) is 21.1. The molecule has 34 heavy (non-hydrogen) atoms. The quantitative estimate of drug-likeness (QED) is 0.489. The van der Waals surface area contributed by atoms with Gasteiger partial charge in [0.25, 0.3) is 0 Å². The van der Waals surface area contributed by atoms with Gasteiger partial charge in [0, 0.05) is 41.5 Å². The number of aryl methyl sites for hydroxylation is 1. The number of hydrogen-bond donors (Lipinski definition) is 1. The van der Waals surface area contributed by atoms with Crippen molar-refractivity contribution in [2.75, 3.05) is 39.0 Å². The van der Waals surface area contributed by atoms with Crippen LogP contribution in [0.2, 0.25) is 5.02 Å². The SMILES string of the molecule is Cc1cccc(-n2cc(-c3ccc(Cl)cc3)nc2NC(=O)CN(CCN(C)C)C(=O)C(C)C)c1. The minimum Gasteiger partial charge on any atom is -0.332 e. The Morgan fingerprint density at radius 3 is 2.41 bits per heavy atom. The zero-order valence-electron chi connectivity index (χ0n) is 20.4. The molecule has 180 valence electrons. The highest BCUT2D eigenvalue weighted by Gasteiger charge is 2.21. The maximum absolute atomic E-state index is 13.0. The Bertz CT molecular complexity index is 1140. The van der Waals surface area contributed by atoms with E-state index >= 15 is 0 Å². The number of carbonyl (C=O) groups excluding carboxylic acids is 2. The van der Waals surface area contributed by atoms with Crippen LogP contribution in [0.5, 0.6) is 0 Å². The van der Waals surface area contributed by atoms with Crippen molar-refractivity contribution in [3.63, 3.8) is 0 Å². The lowest BCUT2D eigenvalue weighted by Crippen LogP contribution is -2.43. The van der Waals surface area contributed by atoms with Crippen molar-refractivity contribution in [3.8, 4) is 16.9 Å². The number of aromatic nitrogens is 2. The number of nitrogens with zero attached hydrogens (tertiary/aromatic N) is 4. The molecule has 8 heteroatoms. The third kappa shape index (κ3) is 6.68. The Balaban J connectivity index is 1.89. The van der Waals surface area contributed by atoms with Gasteiger partial charge in [-0.25, -0.2) is 4.98 Å². The number of halogens is 1. The monoisotopic (exact) mass is 481 g/mol. The summed E-state index contributed by atoms with van der Waals surface area (Å²) in [6, 6.07) is 15.3. The average Bonchev–Trinajstić information content (AvgIpc) is 3.20. The lowest BCUT2D eigenvalue weighted by atomic mass is 10.2. The number of rotatable bonds is 9. The molecule has 1 N–H and O–H groups in total. The highest BCUT2D eigenvalue weighted by Crippen LogP contribution is 2.26. The van der Waals surface area contributed by atoms with E-state index in [1.807, 2.05) is 86.9 Å². The molecule has 0 spiro atoms. The number of amides is 2. The summed E-state index contributed by atoms with van der Waals surface area (Å²) in [6.45, 7) is 6.79. The molecule has 0 aliphatic carbocycles. The Morgan fingerprint density at radius 1 is 1.09 bits per heavy atom. The summed E-state index contributed by atoms with van der Waals surface area (Å²) in [4.78, 5) is 34.0. The van der Waals surface area contributed by atoms with E-state index < -0.39 is 0 Å². The summed E-state index contributed by atoms with van der Waals surface area (Å²) in [6.07, 6.45) is 1.89. The lowest BCUT2D eigenvalue weighted by Gasteiger charge is -2.25. The van der Waals surface area contributed by atoms with Gasteiger partial charge >= 0.3 is 0 Å². The van der Waals surface area contributed by atoms with Gasteiger partial charge in [0.2, 0.25) is 17.8 Å². The summed E-state index contributed by atoms with van der Waals surface area (Å²) in [5.74, 6) is -0.151. The molecule has 3 aromatic rings. The van der Waals surface area contributed by atoms with Crippen LogP contribution in [0, 0.1) is 12.8 Å². The summed E-state index contributed by atoms with van der Waals surface area (Å²) >= 11 is 6.04. The number of benzene rings is 2. The van der Waals surface area contributed by atoms with Gasteiger partial charge < -0.3 is 9.80 Å². The average molecular weight is 482 g/mol. The fourth-order valence-electron chi connectivity index (χ4n) is 3.49. The van der Waals surface area contributed by atoms with E-state index in [-0.39, 0.29) is 24.3 Å². The minimum absolute atomic E-state index is 0.0399. The van der Waals surface area contributed by atoms with Crippen LogP contribution >= 0.6 is 11.6 Å². The molecule has 0 saturated carbocycles. The van der Waals surface area contributed by atoms with Crippen molar-refractivity contribution in [1.82, 2.24) is 19.4 Å². The van der Waals surface area contributed by atoms with E-state index in [4.69, 9.17) is 16.6 Å². The maximum Gasteiger partial charge on any atom is 0.246 e. The van der Waals surface area contributed by atoms with Gasteiger partial charge in [-0.15, -0.1) is 0 Å². The van der Waals surface area contributed by atoms with Crippen LogP contribution in [-0.4, -0.2) is 64.9 Å². The van der Waals surface area contributed by atoms with E-state index in [0.29, 0.717) is 29.8 Å². The van der Waals surface area contributed by atoms with Gasteiger partial charge in [-0.3, -0.25) is 19.5 Å². The molecular formula is C26H32ClN5O2. The van der Waals surface area contributed by atoms with Crippen LogP contribution in [0.3, 0.4) is 0 Å². The number of carbonyl (C=O) groups is 2. The number of hydrogen-bond acceptors (Lipinski definition) is 4. The van der Waals surface area contributed by atoms with E-state index in [1.54, 1.807) is 17.0 Å². The third-order valence-electron chi connectivity index (χ3n) is 5.33. The van der Waals surface area contributed by atoms with E-state index in [2.05, 4.69) is 5.32 Å². The van der Waals surface area contributed by atoms with Crippen molar-refractivity contribution in [2.24, 2.45) is 5.92 Å². The molecule has 1 heterocycles. The molecule has 0 unspecified atom stereocenters. The van der Waals surface area contributed by atoms with E-state index in [9.17, 15) is 9.59 Å². The Hall–Kier alpha value is -3.16. The minimum atomic E-state index is -0.296. The summed E-state index contributed by atoms with van der Waals surface area (Å²) < 4.78 is 1.85. The molecule has 0 aliphatic rings. The standard InChI is InChI=1S/C26H32ClN5O2/c1-18(2)25(34)31(14-13-30(4)5)17-24(33)29-26-28-23(20-9-11-21(27)12-10-20)16-32(26)22-8-6-7-19(3)15-22/h6-12,15-16,18H,13-14,17H2,1-5H3,(H,28,29,33). The van der Waals surface area contributed by atoms with Crippen molar-refractivity contribution >= 4 is 29.4 Å². The summed E-state index contributed by atoms with van der Waals surface area (Å²) in [5, 5.41) is 3.56. The van der Waals surface area contributed by atoms with Crippen molar-refractivity contribution < 1.29 is 9.59 Å². The second-order valence-corrected chi connectivity index (χ2v) is 9.37. The molecule has 0 bridgehead atoms. The van der Waals surface area contributed by atoms with E-state index in [1.165, 1.54) is 0 Å². The largest absolute Gasteiger partial charge is 0.332 e. The molecule has 7 nitrogen and oxygen atoms in total. The fourth-order valence-corrected chi connectivity index (χ4v) is 3.62. The molecule has 0 aliphatic heterocycles. The number of anilines is 1. The van der Waals surface area contributed by atoms with Gasteiger partial charge in [-0.2, -0.15) is 0 Å². The predicted molar refractivity (Wildman–Crippen MR) is 137 cm³/mol. The fraction of sp³-hybridized carbons (Fsp3) is 0.346. The molecule has 1 aromatic heterocycles. The third-order valence-corrected chi connectivity index (χ3v) is 5.59. The van der Waals surface area contributed by atoms with Crippen LogP contribution in [0.4, 0.5) is 5.95 Å². The van der Waals surface area contributed by atoms with Crippen molar-refractivity contribution in [1.29, 1.82) is 0 Å². The second kappa shape index (κ2) is 11.3. The van der Waals surface area contributed by atoms with Crippen molar-refractivity contribution in [3.05, 3.63) is 65.3 Å². The van der Waals surface area contributed by atoms with Gasteiger partial charge in [0.05, 0.1) is 12.2 Å². The zero-order chi connectivity index (χ0) is 24.8. The molecule has 2 amide bonds. The number of nitrogens with one attached hydrogen (secondary N) is 1. The van der Waals surface area contributed by atoms with E-state index in [0.717, 1.165) is 16.8 Å². The highest BCUT2D eigenvalue weighted by atomic mass is 35.5. The molecule has 0 atom stereocenters. The van der Waals surface area contributed by atoms with Crippen LogP contribution in [-0.2, 0) is 9.59 Å². The first-order valence-electron chi connectivity index (χ1n) is 11.3.